The van der Waals surface area contributed by atoms with E-state index in [9.17, 15) is 0 Å². The van der Waals surface area contributed by atoms with E-state index in [-0.39, 0.29) is 0 Å². The molecule has 20 aromatic carbocycles. The van der Waals surface area contributed by atoms with Gasteiger partial charge in [-0.05, 0) is 312 Å². The molecule has 672 valence electrons. The van der Waals surface area contributed by atoms with E-state index in [1.807, 2.05) is 104 Å². The fourth-order valence-corrected chi connectivity index (χ4v) is 20.8. The molecule has 0 amide bonds. The van der Waals surface area contributed by atoms with Crippen LogP contribution in [0.5, 0.6) is 0 Å². The first kappa shape index (κ1) is 86.2. The van der Waals surface area contributed by atoms with Crippen molar-refractivity contribution < 1.29 is 0 Å². The van der Waals surface area contributed by atoms with E-state index in [1.54, 1.807) is 24.8 Å². The Labute approximate surface area is 833 Å². The van der Waals surface area contributed by atoms with Gasteiger partial charge < -0.3 is 0 Å². The largest absolute Gasteiger partial charge is 0.265 e. The molecule has 0 saturated heterocycles. The number of aromatic nitrogens is 9. The molecular formula is C135H87N9. The van der Waals surface area contributed by atoms with E-state index >= 15 is 0 Å². The fraction of sp³-hybridized carbons (Fsp3) is 0. The van der Waals surface area contributed by atoms with Gasteiger partial charge in [0, 0.05) is 107 Å². The van der Waals surface area contributed by atoms with Gasteiger partial charge >= 0.3 is 0 Å². The molecule has 0 radical (unpaired) electrons. The van der Waals surface area contributed by atoms with Crippen LogP contribution in [0.15, 0.2) is 529 Å². The van der Waals surface area contributed by atoms with Crippen LogP contribution in [0, 0.1) is 0 Å². The number of benzene rings is 20. The second-order valence-corrected chi connectivity index (χ2v) is 36.2. The quantitative estimate of drug-likeness (QED) is 0.0925. The number of nitrogens with zero attached hydrogens (tertiary/aromatic N) is 9. The van der Waals surface area contributed by atoms with Gasteiger partial charge in [0.25, 0.3) is 0 Å². The summed E-state index contributed by atoms with van der Waals surface area (Å²) in [4.78, 5) is 41.0. The number of rotatable bonds is 15. The number of fused-ring (bicyclic) bond motifs is 18. The molecule has 0 fully saturated rings. The minimum absolute atomic E-state index is 0.593. The topological polar surface area (TPSA) is 116 Å². The first-order valence-electron chi connectivity index (χ1n) is 48.5. The van der Waals surface area contributed by atoms with Crippen LogP contribution in [0.3, 0.4) is 0 Å². The smallest absolute Gasteiger partial charge is 0.164 e. The molecule has 0 aliphatic rings. The zero-order valence-electron chi connectivity index (χ0n) is 78.3. The molecule has 0 unspecified atom stereocenters. The minimum Gasteiger partial charge on any atom is -0.265 e. The molecule has 0 N–H and O–H groups in total. The minimum atomic E-state index is 0.593. The zero-order chi connectivity index (χ0) is 95.6. The predicted octanol–water partition coefficient (Wildman–Crippen LogP) is 35.0. The first-order chi connectivity index (χ1) is 71.4. The van der Waals surface area contributed by atoms with Crippen molar-refractivity contribution in [3.8, 4) is 168 Å². The molecule has 7 aromatic heterocycles. The summed E-state index contributed by atoms with van der Waals surface area (Å²) in [6.45, 7) is 0. The Balaban J connectivity index is 0.000000113. The molecule has 0 spiro atoms. The van der Waals surface area contributed by atoms with E-state index in [2.05, 4.69) is 430 Å². The van der Waals surface area contributed by atoms with Gasteiger partial charge in [0.15, 0.2) is 17.5 Å². The van der Waals surface area contributed by atoms with E-state index < -0.39 is 0 Å². The lowest BCUT2D eigenvalue weighted by molar-refractivity contribution is 1.07. The molecule has 27 rings (SSSR count). The molecule has 0 aliphatic carbocycles. The van der Waals surface area contributed by atoms with Crippen LogP contribution in [0.4, 0.5) is 0 Å². The van der Waals surface area contributed by atoms with Gasteiger partial charge in [0.2, 0.25) is 0 Å². The highest BCUT2D eigenvalue weighted by molar-refractivity contribution is 6.28. The lowest BCUT2D eigenvalue weighted by atomic mass is 9.89. The van der Waals surface area contributed by atoms with E-state index in [0.717, 1.165) is 89.1 Å². The van der Waals surface area contributed by atoms with Crippen molar-refractivity contribution >= 4 is 97.0 Å². The molecule has 0 aliphatic heterocycles. The van der Waals surface area contributed by atoms with Gasteiger partial charge in [0.05, 0.1) is 5.69 Å². The normalized spacial score (nSPS) is 11.3. The van der Waals surface area contributed by atoms with Crippen molar-refractivity contribution in [3.05, 3.63) is 529 Å². The Bertz CT molecular complexity index is 8380. The standard InChI is InChI=1S/2C46H30N2.C43H27N5/c1-2-12-40(38-26-36(34-9-7-23-47-29-34)25-37(27-38)35-10-8-24-48-30-35)39(11-1)32-19-17-31(18-20-32)33-21-22-45-43-15-4-3-13-41(43)42-14-5-6-16-44(42)46(45)28-33;1-2-12-39(36-26-35(34-10-9-24-47-30-34)27-37(28-36)46-17-7-8-25-48-46)38(11-1)32-20-18-31(19-21-32)33-22-23-44-42-15-4-3-13-40(42)41-14-5-6-16-43(41)45(44)29-33;1-6-12-39(43-47-41(30-19-23-44-24-20-30)46-42(48-43)31-21-25-45-26-22-31)33(7-1)29-15-13-28(14-16-29)32-17-18-38-36-10-3-2-8-34(36)35-9-4-5-11-37(35)40(38)27-32/h2*1-30H;1-27H. The van der Waals surface area contributed by atoms with Crippen LogP contribution in [0.1, 0.15) is 0 Å². The van der Waals surface area contributed by atoms with Crippen LogP contribution in [-0.2, 0) is 0 Å². The Morgan fingerprint density at radius 1 is 0.111 bits per heavy atom. The summed E-state index contributed by atoms with van der Waals surface area (Å²) in [5, 5.41) is 23.2. The van der Waals surface area contributed by atoms with Crippen molar-refractivity contribution in [2.24, 2.45) is 0 Å². The number of hydrogen-bond acceptors (Lipinski definition) is 9. The number of hydrogen-bond donors (Lipinski definition) is 0. The maximum atomic E-state index is 4.96. The van der Waals surface area contributed by atoms with E-state index in [1.165, 1.54) is 158 Å². The molecular weight excluding hydrogens is 1750 g/mol. The SMILES string of the molecule is c1ccc(-c2cc(-c3cccnc3)cc(-c3ccccc3-c3ccc(-c4ccc5c6ccccc6c6ccccc6c5c4)cc3)c2)nc1.c1ccc(-c2nc(-c3ccncc3)nc(-c3ccncc3)n2)c(-c2ccc(-c3ccc4c5ccccc5c5ccccc5c4c3)cc2)c1.c1cncc(-c2cc(-c3cccnc3)cc(-c3ccccc3-c3ccc(-c4ccc5c6ccccc6c6ccccc6c5c4)cc3)c2)c1. The molecule has 27 aromatic rings. The van der Waals surface area contributed by atoms with Crippen molar-refractivity contribution in [1.29, 1.82) is 0 Å². The van der Waals surface area contributed by atoms with Gasteiger partial charge in [-0.15, -0.1) is 0 Å². The van der Waals surface area contributed by atoms with Gasteiger partial charge in [-0.1, -0.05) is 352 Å². The average molecular weight is 1840 g/mol. The average Bonchev–Trinajstić information content (AvgIpc) is 0.746. The van der Waals surface area contributed by atoms with Crippen molar-refractivity contribution in [2.75, 3.05) is 0 Å². The Kier molecular flexibility index (Phi) is 22.9. The zero-order valence-corrected chi connectivity index (χ0v) is 78.3. The molecule has 7 heterocycles. The summed E-state index contributed by atoms with van der Waals surface area (Å²) in [5.74, 6) is 1.80. The van der Waals surface area contributed by atoms with Gasteiger partial charge in [-0.2, -0.15) is 0 Å². The highest BCUT2D eigenvalue weighted by Crippen LogP contribution is 2.47. The molecule has 144 heavy (non-hydrogen) atoms. The highest BCUT2D eigenvalue weighted by atomic mass is 15.0. The van der Waals surface area contributed by atoms with E-state index in [4.69, 9.17) is 15.0 Å². The van der Waals surface area contributed by atoms with Crippen LogP contribution < -0.4 is 0 Å². The van der Waals surface area contributed by atoms with Crippen LogP contribution in [-0.4, -0.2) is 44.9 Å². The Morgan fingerprint density at radius 2 is 0.354 bits per heavy atom. The van der Waals surface area contributed by atoms with E-state index in [0.29, 0.717) is 17.5 Å². The first-order valence-corrected chi connectivity index (χ1v) is 48.5. The summed E-state index contributed by atoms with van der Waals surface area (Å²) in [7, 11) is 0. The Hall–Kier alpha value is -19.4. The van der Waals surface area contributed by atoms with Crippen molar-refractivity contribution in [1.82, 2.24) is 44.9 Å². The number of pyridine rings is 6. The molecule has 0 bridgehead atoms. The third-order valence-corrected chi connectivity index (χ3v) is 27.8. The predicted molar refractivity (Wildman–Crippen MR) is 599 cm³/mol. The lowest BCUT2D eigenvalue weighted by Crippen LogP contribution is -2.01. The third kappa shape index (κ3) is 16.8. The summed E-state index contributed by atoms with van der Waals surface area (Å²) in [6.07, 6.45) is 20.1. The highest BCUT2D eigenvalue weighted by Gasteiger charge is 2.22. The summed E-state index contributed by atoms with van der Waals surface area (Å²) < 4.78 is 0. The van der Waals surface area contributed by atoms with Crippen LogP contribution >= 0.6 is 0 Å². The Morgan fingerprint density at radius 3 is 0.660 bits per heavy atom. The monoisotopic (exact) mass is 1830 g/mol. The molecule has 0 atom stereocenters. The molecule has 0 saturated carbocycles. The van der Waals surface area contributed by atoms with Crippen molar-refractivity contribution in [2.45, 2.75) is 0 Å². The second-order valence-electron chi connectivity index (χ2n) is 36.2. The van der Waals surface area contributed by atoms with Gasteiger partial charge in [-0.25, -0.2) is 15.0 Å². The lowest BCUT2D eigenvalue weighted by Gasteiger charge is -2.15. The summed E-state index contributed by atoms with van der Waals surface area (Å²) in [5.41, 5.74) is 30.0. The third-order valence-electron chi connectivity index (χ3n) is 27.8. The molecule has 9 heteroatoms. The summed E-state index contributed by atoms with van der Waals surface area (Å²) in [6, 6.07) is 165. The second kappa shape index (κ2) is 38.2. The summed E-state index contributed by atoms with van der Waals surface area (Å²) >= 11 is 0. The van der Waals surface area contributed by atoms with Gasteiger partial charge in [-0.3, -0.25) is 29.9 Å². The van der Waals surface area contributed by atoms with Crippen LogP contribution in [0.25, 0.3) is 265 Å². The molecule has 9 nitrogen and oxygen atoms in total. The van der Waals surface area contributed by atoms with Crippen LogP contribution in [0.2, 0.25) is 0 Å². The maximum absolute atomic E-state index is 4.96. The van der Waals surface area contributed by atoms with Gasteiger partial charge in [0.1, 0.15) is 0 Å². The van der Waals surface area contributed by atoms with Crippen molar-refractivity contribution in [3.63, 3.8) is 0 Å². The fourth-order valence-electron chi connectivity index (χ4n) is 20.8. The maximum Gasteiger partial charge on any atom is 0.164 e.